The van der Waals surface area contributed by atoms with Crippen molar-refractivity contribution in [3.8, 4) is 11.5 Å². The monoisotopic (exact) mass is 323 g/mol. The number of rotatable bonds is 4. The summed E-state index contributed by atoms with van der Waals surface area (Å²) in [6, 6.07) is 6.67. The Kier molecular flexibility index (Phi) is 3.79. The number of nitrogens with one attached hydrogen (secondary N) is 1. The van der Waals surface area contributed by atoms with Gasteiger partial charge in [0.05, 0.1) is 19.3 Å². The molecule has 1 aliphatic heterocycles. The zero-order valence-corrected chi connectivity index (χ0v) is 13.1. The van der Waals surface area contributed by atoms with Crippen LogP contribution in [0.3, 0.4) is 0 Å². The topological polar surface area (TPSA) is 82.4 Å². The molecule has 0 amide bonds. The van der Waals surface area contributed by atoms with E-state index in [2.05, 4.69) is 9.82 Å². The van der Waals surface area contributed by atoms with Crippen LogP contribution in [0.1, 0.15) is 5.56 Å². The second-order valence-electron chi connectivity index (χ2n) is 5.10. The number of sulfonamides is 1. The van der Waals surface area contributed by atoms with E-state index in [0.29, 0.717) is 12.2 Å². The third-order valence-electron chi connectivity index (χ3n) is 3.55. The van der Waals surface area contributed by atoms with Gasteiger partial charge in [-0.2, -0.15) is 5.10 Å². The molecule has 1 aliphatic rings. The van der Waals surface area contributed by atoms with Crippen LogP contribution in [0.5, 0.6) is 11.5 Å². The van der Waals surface area contributed by atoms with Gasteiger partial charge in [0.15, 0.2) is 5.03 Å². The zero-order valence-electron chi connectivity index (χ0n) is 12.3. The molecule has 0 saturated heterocycles. The predicted octanol–water partition coefficient (Wildman–Crippen LogP) is 0.711. The van der Waals surface area contributed by atoms with E-state index in [1.54, 1.807) is 20.2 Å². The molecule has 0 radical (unpaired) electrons. The highest BCUT2D eigenvalue weighted by atomic mass is 32.2. The highest BCUT2D eigenvalue weighted by molar-refractivity contribution is 7.89. The van der Waals surface area contributed by atoms with Gasteiger partial charge in [0.25, 0.3) is 10.0 Å². The molecule has 8 heteroatoms. The summed E-state index contributed by atoms with van der Waals surface area (Å²) in [5.74, 6) is 1.45. The molecular weight excluding hydrogens is 306 g/mol. The molecule has 1 aromatic carbocycles. The van der Waals surface area contributed by atoms with Crippen LogP contribution in [0, 0.1) is 0 Å². The average Bonchev–Trinajstić information content (AvgIpc) is 2.93. The van der Waals surface area contributed by atoms with Crippen molar-refractivity contribution in [3.63, 3.8) is 0 Å². The Hall–Kier alpha value is -2.06. The van der Waals surface area contributed by atoms with Crippen LogP contribution < -0.4 is 14.2 Å². The fraction of sp³-hybridized carbons (Fsp3) is 0.357. The van der Waals surface area contributed by atoms with Gasteiger partial charge >= 0.3 is 0 Å². The van der Waals surface area contributed by atoms with E-state index < -0.39 is 10.0 Å². The summed E-state index contributed by atoms with van der Waals surface area (Å²) in [7, 11) is -0.433. The lowest BCUT2D eigenvalue weighted by Gasteiger charge is -2.26. The molecule has 1 atom stereocenters. The first-order valence-electron chi connectivity index (χ1n) is 6.79. The van der Waals surface area contributed by atoms with Gasteiger partial charge in [-0.3, -0.25) is 4.68 Å². The molecule has 118 valence electrons. The van der Waals surface area contributed by atoms with Gasteiger partial charge in [-0.25, -0.2) is 13.1 Å². The van der Waals surface area contributed by atoms with Crippen LogP contribution in [0.25, 0.3) is 0 Å². The normalized spacial score (nSPS) is 17.6. The maximum atomic E-state index is 12.3. The van der Waals surface area contributed by atoms with Crippen molar-refractivity contribution in [2.45, 2.75) is 17.5 Å². The first-order chi connectivity index (χ1) is 10.5. The van der Waals surface area contributed by atoms with E-state index in [1.165, 1.54) is 16.9 Å². The molecule has 0 spiro atoms. The van der Waals surface area contributed by atoms with E-state index in [-0.39, 0.29) is 17.7 Å². The lowest BCUT2D eigenvalue weighted by Crippen LogP contribution is -2.43. The van der Waals surface area contributed by atoms with Crippen molar-refractivity contribution < 1.29 is 17.9 Å². The summed E-state index contributed by atoms with van der Waals surface area (Å²) in [6.45, 7) is 0.275. The number of methoxy groups -OCH3 is 1. The summed E-state index contributed by atoms with van der Waals surface area (Å²) in [6.07, 6.45) is 2.02. The summed E-state index contributed by atoms with van der Waals surface area (Å²) < 4.78 is 39.5. The predicted molar refractivity (Wildman–Crippen MR) is 79.5 cm³/mol. The van der Waals surface area contributed by atoms with E-state index in [4.69, 9.17) is 9.47 Å². The fourth-order valence-corrected chi connectivity index (χ4v) is 3.81. The van der Waals surface area contributed by atoms with Gasteiger partial charge in [0, 0.05) is 13.1 Å². The Morgan fingerprint density at radius 2 is 2.23 bits per heavy atom. The highest BCUT2D eigenvalue weighted by Gasteiger charge is 2.27. The number of nitrogens with zero attached hydrogens (tertiary/aromatic N) is 2. The molecule has 22 heavy (non-hydrogen) atoms. The van der Waals surface area contributed by atoms with Crippen LogP contribution in [-0.2, 0) is 23.5 Å². The molecule has 0 aliphatic carbocycles. The lowest BCUT2D eigenvalue weighted by molar-refractivity contribution is 0.252. The highest BCUT2D eigenvalue weighted by Crippen LogP contribution is 2.29. The summed E-state index contributed by atoms with van der Waals surface area (Å²) >= 11 is 0. The van der Waals surface area contributed by atoms with Gasteiger partial charge < -0.3 is 9.47 Å². The van der Waals surface area contributed by atoms with Crippen molar-refractivity contribution in [1.82, 2.24) is 14.5 Å². The van der Waals surface area contributed by atoms with Crippen LogP contribution in [0.4, 0.5) is 0 Å². The standard InChI is InChI=1S/C14H17N3O4S/c1-17-14(5-6-15-17)22(18,19)16-11-7-10-3-4-12(20-2)8-13(10)21-9-11/h3-6,8,11,16H,7,9H2,1-2H3/t11-/m1/s1. The van der Waals surface area contributed by atoms with Crippen molar-refractivity contribution in [2.75, 3.05) is 13.7 Å². The van der Waals surface area contributed by atoms with Crippen molar-refractivity contribution in [1.29, 1.82) is 0 Å². The zero-order chi connectivity index (χ0) is 15.7. The molecule has 1 aromatic heterocycles. The van der Waals surface area contributed by atoms with E-state index in [9.17, 15) is 8.42 Å². The van der Waals surface area contributed by atoms with E-state index >= 15 is 0 Å². The van der Waals surface area contributed by atoms with Crippen LogP contribution in [-0.4, -0.2) is 38.0 Å². The minimum absolute atomic E-state index is 0.132. The maximum absolute atomic E-state index is 12.3. The van der Waals surface area contributed by atoms with Crippen molar-refractivity contribution in [3.05, 3.63) is 36.0 Å². The number of hydrogen-bond donors (Lipinski definition) is 1. The van der Waals surface area contributed by atoms with Crippen LogP contribution in [0.15, 0.2) is 35.5 Å². The van der Waals surface area contributed by atoms with Crippen LogP contribution in [0.2, 0.25) is 0 Å². The molecule has 7 nitrogen and oxygen atoms in total. The first-order valence-corrected chi connectivity index (χ1v) is 8.28. The lowest BCUT2D eigenvalue weighted by atomic mass is 10.0. The first kappa shape index (κ1) is 14.9. The second-order valence-corrected chi connectivity index (χ2v) is 6.76. The number of aryl methyl sites for hydroxylation is 1. The van der Waals surface area contributed by atoms with E-state index in [1.807, 2.05) is 12.1 Å². The minimum atomic E-state index is -3.62. The SMILES string of the molecule is COc1ccc2c(c1)OC[C@H](NS(=O)(=O)c1ccnn1C)C2. The van der Waals surface area contributed by atoms with Gasteiger partial charge in [0.2, 0.25) is 0 Å². The smallest absolute Gasteiger partial charge is 0.258 e. The quantitative estimate of drug-likeness (QED) is 0.896. The number of fused-ring (bicyclic) bond motifs is 1. The Labute approximate surface area is 128 Å². The molecular formula is C14H17N3O4S. The molecule has 0 bridgehead atoms. The third-order valence-corrected chi connectivity index (χ3v) is 5.15. The number of aromatic nitrogens is 2. The Morgan fingerprint density at radius 1 is 1.41 bits per heavy atom. The average molecular weight is 323 g/mol. The molecule has 2 heterocycles. The van der Waals surface area contributed by atoms with E-state index in [0.717, 1.165) is 11.3 Å². The summed E-state index contributed by atoms with van der Waals surface area (Å²) in [5.41, 5.74) is 0.949. The Bertz CT molecular complexity index is 785. The maximum Gasteiger partial charge on any atom is 0.258 e. The molecule has 0 saturated carbocycles. The summed E-state index contributed by atoms with van der Waals surface area (Å²) in [4.78, 5) is 0. The Balaban J connectivity index is 1.77. The van der Waals surface area contributed by atoms with Gasteiger partial charge in [-0.1, -0.05) is 6.07 Å². The number of ether oxygens (including phenoxy) is 2. The molecule has 0 fully saturated rings. The number of benzene rings is 1. The molecule has 3 rings (SSSR count). The second kappa shape index (κ2) is 5.62. The third kappa shape index (κ3) is 2.79. The van der Waals surface area contributed by atoms with Gasteiger partial charge in [-0.15, -0.1) is 0 Å². The van der Waals surface area contributed by atoms with Gasteiger partial charge in [-0.05, 0) is 24.1 Å². The minimum Gasteiger partial charge on any atom is -0.497 e. The van der Waals surface area contributed by atoms with Gasteiger partial charge in [0.1, 0.15) is 18.1 Å². The summed E-state index contributed by atoms with van der Waals surface area (Å²) in [5, 5.41) is 4.02. The molecule has 1 N–H and O–H groups in total. The number of hydrogen-bond acceptors (Lipinski definition) is 5. The Morgan fingerprint density at radius 3 is 2.91 bits per heavy atom. The molecule has 2 aromatic rings. The van der Waals surface area contributed by atoms with Crippen molar-refractivity contribution in [2.24, 2.45) is 7.05 Å². The van der Waals surface area contributed by atoms with Crippen molar-refractivity contribution >= 4 is 10.0 Å². The fourth-order valence-electron chi connectivity index (χ4n) is 2.46. The van der Waals surface area contributed by atoms with Crippen LogP contribution >= 0.6 is 0 Å². The molecule has 0 unspecified atom stereocenters. The largest absolute Gasteiger partial charge is 0.497 e.